The molecule has 2 aliphatic rings. The summed E-state index contributed by atoms with van der Waals surface area (Å²) >= 11 is 6.07. The van der Waals surface area contributed by atoms with Crippen molar-refractivity contribution in [1.82, 2.24) is 20.1 Å². The number of hydrogen-bond acceptors (Lipinski definition) is 4. The lowest BCUT2D eigenvalue weighted by Gasteiger charge is -2.25. The summed E-state index contributed by atoms with van der Waals surface area (Å²) in [6.45, 7) is 2.16. The molecule has 0 saturated heterocycles. The van der Waals surface area contributed by atoms with E-state index in [0.717, 1.165) is 24.1 Å². The van der Waals surface area contributed by atoms with Gasteiger partial charge in [0.05, 0.1) is 18.3 Å². The van der Waals surface area contributed by atoms with Gasteiger partial charge in [-0.1, -0.05) is 11.6 Å². The number of rotatable bonds is 5. The lowest BCUT2D eigenvalue weighted by Crippen LogP contribution is -2.49. The first-order valence-electron chi connectivity index (χ1n) is 8.64. The monoisotopic (exact) mass is 378 g/mol. The summed E-state index contributed by atoms with van der Waals surface area (Å²) in [6, 6.07) is 2.38. The highest BCUT2D eigenvalue weighted by Crippen LogP contribution is 2.57. The molecule has 1 amide bonds. The fourth-order valence-electron chi connectivity index (χ4n) is 3.64. The molecule has 4 rings (SSSR count). The third kappa shape index (κ3) is 2.89. The van der Waals surface area contributed by atoms with Gasteiger partial charge >= 0.3 is 0 Å². The van der Waals surface area contributed by atoms with Gasteiger partial charge in [0, 0.05) is 28.8 Å². The predicted molar refractivity (Wildman–Crippen MR) is 94.4 cm³/mol. The smallest absolute Gasteiger partial charge is 0.272 e. The van der Waals surface area contributed by atoms with Gasteiger partial charge in [0.25, 0.3) is 5.91 Å². The number of hydrogen-bond donors (Lipinski definition) is 2. The highest BCUT2D eigenvalue weighted by molar-refractivity contribution is 6.30. The fraction of sp³-hybridized carbons (Fsp3) is 0.500. The molecule has 0 spiro atoms. The second kappa shape index (κ2) is 6.03. The predicted octanol–water partition coefficient (Wildman–Crippen LogP) is 2.42. The van der Waals surface area contributed by atoms with Crippen LogP contribution in [0, 0.1) is 5.92 Å². The first-order valence-corrected chi connectivity index (χ1v) is 9.01. The van der Waals surface area contributed by atoms with Gasteiger partial charge in [-0.15, -0.1) is 0 Å². The first-order chi connectivity index (χ1) is 12.3. The van der Waals surface area contributed by atoms with Crippen molar-refractivity contribution in [2.45, 2.75) is 44.3 Å². The third-order valence-electron chi connectivity index (χ3n) is 5.22. The van der Waals surface area contributed by atoms with Crippen molar-refractivity contribution >= 4 is 17.5 Å². The number of aromatic nitrogens is 3. The Bertz CT molecular complexity index is 877. The Balaban J connectivity index is 1.71. The molecule has 0 aliphatic heterocycles. The maximum Gasteiger partial charge on any atom is 0.272 e. The molecule has 0 unspecified atom stereocenters. The van der Waals surface area contributed by atoms with Gasteiger partial charge in [-0.3, -0.25) is 4.79 Å². The maximum atomic E-state index is 14.2. The van der Waals surface area contributed by atoms with Crippen molar-refractivity contribution in [1.29, 1.82) is 0 Å². The van der Waals surface area contributed by atoms with Gasteiger partial charge in [-0.25, -0.2) is 14.1 Å². The Kier molecular flexibility index (Phi) is 4.04. The highest BCUT2D eigenvalue weighted by Gasteiger charge is 2.50. The molecule has 3 atom stereocenters. The largest absolute Gasteiger partial charge is 0.394 e. The molecule has 2 aliphatic carbocycles. The number of carbonyl (C=O) groups is 1. The Labute approximate surface area is 155 Å². The van der Waals surface area contributed by atoms with Gasteiger partial charge in [0.1, 0.15) is 5.67 Å². The van der Waals surface area contributed by atoms with Crippen LogP contribution in [-0.2, 0) is 6.42 Å². The van der Waals surface area contributed by atoms with Gasteiger partial charge in [-0.05, 0) is 38.7 Å². The lowest BCUT2D eigenvalue weighted by molar-refractivity contribution is 0.0720. The molecule has 138 valence electrons. The van der Waals surface area contributed by atoms with Crippen LogP contribution in [0.5, 0.6) is 0 Å². The van der Waals surface area contributed by atoms with Crippen molar-refractivity contribution < 1.29 is 14.3 Å². The quantitative estimate of drug-likeness (QED) is 0.837. The van der Waals surface area contributed by atoms with Gasteiger partial charge < -0.3 is 10.4 Å². The number of aliphatic hydroxyl groups is 1. The van der Waals surface area contributed by atoms with E-state index in [4.69, 9.17) is 11.6 Å². The maximum absolute atomic E-state index is 14.2. The molecule has 0 aromatic carbocycles. The van der Waals surface area contributed by atoms with Crippen molar-refractivity contribution in [3.05, 3.63) is 40.3 Å². The van der Waals surface area contributed by atoms with E-state index in [-0.39, 0.29) is 5.69 Å². The molecular formula is C18H20ClFN4O2. The number of amides is 1. The molecule has 1 fully saturated rings. The molecule has 2 aromatic rings. The molecule has 26 heavy (non-hydrogen) atoms. The lowest BCUT2D eigenvalue weighted by atomic mass is 10.0. The van der Waals surface area contributed by atoms with E-state index in [1.165, 1.54) is 13.8 Å². The van der Waals surface area contributed by atoms with E-state index in [0.29, 0.717) is 22.7 Å². The van der Waals surface area contributed by atoms with Crippen LogP contribution in [0.4, 0.5) is 4.39 Å². The van der Waals surface area contributed by atoms with Crippen LogP contribution in [0.25, 0.3) is 5.82 Å². The van der Waals surface area contributed by atoms with Crippen LogP contribution in [0.3, 0.4) is 0 Å². The number of pyridine rings is 1. The summed E-state index contributed by atoms with van der Waals surface area (Å²) in [7, 11) is 0. The average Bonchev–Trinajstić information content (AvgIpc) is 3.07. The normalized spacial score (nSPS) is 21.9. The summed E-state index contributed by atoms with van der Waals surface area (Å²) in [5, 5.41) is 17.0. The van der Waals surface area contributed by atoms with Crippen molar-refractivity contribution in [2.24, 2.45) is 5.92 Å². The number of fused-ring (bicyclic) bond motifs is 3. The van der Waals surface area contributed by atoms with Gasteiger partial charge in [0.2, 0.25) is 0 Å². The number of aliphatic hydroxyl groups excluding tert-OH is 1. The standard InChI is InChI=1S/C18H20ClFN4O2/c1-18(2,20)13(8-25)22-17(26)15-12-6-9-5-11(9)16(12)24(23-15)14-7-10(19)3-4-21-14/h3-4,7,9,11,13,25H,5-6,8H2,1-2H3,(H,22,26)/t9-,11-,13+/m0/s1. The summed E-state index contributed by atoms with van der Waals surface area (Å²) in [5.74, 6) is 0.996. The van der Waals surface area contributed by atoms with E-state index >= 15 is 0 Å². The van der Waals surface area contributed by atoms with E-state index < -0.39 is 24.2 Å². The highest BCUT2D eigenvalue weighted by atomic mass is 35.5. The van der Waals surface area contributed by atoms with Crippen molar-refractivity contribution in [3.63, 3.8) is 0 Å². The van der Waals surface area contributed by atoms with Crippen LogP contribution in [0.15, 0.2) is 18.3 Å². The van der Waals surface area contributed by atoms with Crippen LogP contribution in [-0.4, -0.2) is 44.1 Å². The number of alkyl halides is 1. The molecule has 0 bridgehead atoms. The third-order valence-corrected chi connectivity index (χ3v) is 5.45. The number of carbonyl (C=O) groups excluding carboxylic acids is 1. The molecular weight excluding hydrogens is 359 g/mol. The summed E-state index contributed by atoms with van der Waals surface area (Å²) in [5.41, 5.74) is 0.415. The number of nitrogens with one attached hydrogen (secondary N) is 1. The summed E-state index contributed by atoms with van der Waals surface area (Å²) < 4.78 is 15.8. The van der Waals surface area contributed by atoms with Crippen LogP contribution in [0.1, 0.15) is 47.9 Å². The minimum Gasteiger partial charge on any atom is -0.394 e. The summed E-state index contributed by atoms with van der Waals surface area (Å²) in [4.78, 5) is 17.1. The zero-order valence-corrected chi connectivity index (χ0v) is 15.3. The van der Waals surface area contributed by atoms with Crippen molar-refractivity contribution in [2.75, 3.05) is 6.61 Å². The first kappa shape index (κ1) is 17.4. The number of nitrogens with zero attached hydrogens (tertiary/aromatic N) is 3. The second-order valence-electron chi connectivity index (χ2n) is 7.54. The minimum absolute atomic E-state index is 0.275. The Morgan fingerprint density at radius 2 is 2.35 bits per heavy atom. The average molecular weight is 379 g/mol. The molecule has 2 N–H and O–H groups in total. The van der Waals surface area contributed by atoms with Crippen LogP contribution < -0.4 is 5.32 Å². The second-order valence-corrected chi connectivity index (χ2v) is 7.97. The van der Waals surface area contributed by atoms with E-state index in [9.17, 15) is 14.3 Å². The molecule has 0 radical (unpaired) electrons. The molecule has 6 nitrogen and oxygen atoms in total. The fourth-order valence-corrected chi connectivity index (χ4v) is 3.80. The van der Waals surface area contributed by atoms with E-state index in [2.05, 4.69) is 15.4 Å². The Morgan fingerprint density at radius 1 is 1.58 bits per heavy atom. The molecule has 8 heteroatoms. The van der Waals surface area contributed by atoms with Gasteiger partial charge in [-0.2, -0.15) is 5.10 Å². The summed E-state index contributed by atoms with van der Waals surface area (Å²) in [6.07, 6.45) is 3.46. The minimum atomic E-state index is -1.74. The number of halogens is 2. The zero-order valence-electron chi connectivity index (χ0n) is 14.5. The molecule has 1 saturated carbocycles. The van der Waals surface area contributed by atoms with Crippen LogP contribution in [0.2, 0.25) is 5.02 Å². The van der Waals surface area contributed by atoms with Crippen LogP contribution >= 0.6 is 11.6 Å². The zero-order chi connectivity index (χ0) is 18.6. The topological polar surface area (TPSA) is 80.0 Å². The Morgan fingerprint density at radius 3 is 3.00 bits per heavy atom. The van der Waals surface area contributed by atoms with Gasteiger partial charge in [0.15, 0.2) is 11.5 Å². The van der Waals surface area contributed by atoms with Crippen molar-refractivity contribution in [3.8, 4) is 5.82 Å². The van der Waals surface area contributed by atoms with E-state index in [1.54, 1.807) is 23.0 Å². The molecule has 2 heterocycles. The Hall–Kier alpha value is -1.99. The van der Waals surface area contributed by atoms with E-state index in [1.807, 2.05) is 0 Å². The SMILES string of the molecule is CC(C)(F)[C@@H](CO)NC(=O)c1nn(-c2cc(Cl)ccn2)c2c1C[C@@H]1C[C@H]21. The molecule has 2 aromatic heterocycles.